The van der Waals surface area contributed by atoms with Gasteiger partial charge in [-0.25, -0.2) is 4.98 Å². The first kappa shape index (κ1) is 15.1. The number of nitrogens with one attached hydrogen (secondary N) is 2. The van der Waals surface area contributed by atoms with Gasteiger partial charge in [0.05, 0.1) is 17.3 Å². The van der Waals surface area contributed by atoms with Crippen molar-refractivity contribution in [2.75, 3.05) is 24.3 Å². The van der Waals surface area contributed by atoms with E-state index in [1.807, 2.05) is 25.1 Å². The van der Waals surface area contributed by atoms with Crippen LogP contribution in [0.5, 0.6) is 5.75 Å². The van der Waals surface area contributed by atoms with Crippen LogP contribution in [0.1, 0.15) is 6.92 Å². The molecular formula is C13H14Br2N4O. The van der Waals surface area contributed by atoms with Crippen molar-refractivity contribution in [1.29, 1.82) is 0 Å². The van der Waals surface area contributed by atoms with Crippen molar-refractivity contribution in [1.82, 2.24) is 9.97 Å². The van der Waals surface area contributed by atoms with Gasteiger partial charge in [-0.3, -0.25) is 0 Å². The molecule has 0 spiro atoms. The third-order valence-corrected chi connectivity index (χ3v) is 3.78. The summed E-state index contributed by atoms with van der Waals surface area (Å²) in [6.45, 7) is 2.76. The van der Waals surface area contributed by atoms with Gasteiger partial charge in [0.2, 0.25) is 5.95 Å². The fourth-order valence-electron chi connectivity index (χ4n) is 1.55. The molecule has 0 saturated carbocycles. The second-order valence-corrected chi connectivity index (χ2v) is 5.60. The Balaban J connectivity index is 2.31. The zero-order chi connectivity index (χ0) is 14.5. The topological polar surface area (TPSA) is 59.1 Å². The van der Waals surface area contributed by atoms with Crippen molar-refractivity contribution in [3.05, 3.63) is 33.3 Å². The number of anilines is 3. The molecule has 2 aromatic rings. The summed E-state index contributed by atoms with van der Waals surface area (Å²) in [6.07, 6.45) is 1.71. The molecule has 106 valence electrons. The molecule has 5 nitrogen and oxygen atoms in total. The molecule has 0 radical (unpaired) electrons. The first-order valence-corrected chi connectivity index (χ1v) is 7.59. The molecule has 0 aliphatic rings. The number of benzene rings is 1. The van der Waals surface area contributed by atoms with Gasteiger partial charge in [-0.05, 0) is 50.9 Å². The summed E-state index contributed by atoms with van der Waals surface area (Å²) in [5.41, 5.74) is 0.867. The molecular weight excluding hydrogens is 388 g/mol. The predicted molar refractivity (Wildman–Crippen MR) is 87.9 cm³/mol. The second kappa shape index (κ2) is 6.90. The molecule has 2 rings (SSSR count). The first-order valence-electron chi connectivity index (χ1n) is 6.01. The summed E-state index contributed by atoms with van der Waals surface area (Å²) in [5, 5.41) is 6.33. The van der Waals surface area contributed by atoms with E-state index in [0.29, 0.717) is 11.8 Å². The van der Waals surface area contributed by atoms with Crippen LogP contribution in [-0.2, 0) is 0 Å². The number of ether oxygens (including phenoxy) is 1. The van der Waals surface area contributed by atoms with E-state index in [-0.39, 0.29) is 0 Å². The Bertz CT molecular complexity index is 607. The van der Waals surface area contributed by atoms with Gasteiger partial charge in [0.1, 0.15) is 11.6 Å². The van der Waals surface area contributed by atoms with Gasteiger partial charge in [0, 0.05) is 23.3 Å². The summed E-state index contributed by atoms with van der Waals surface area (Å²) in [7, 11) is 1.64. The number of hydrogen-bond acceptors (Lipinski definition) is 5. The fourth-order valence-corrected chi connectivity index (χ4v) is 2.19. The fraction of sp³-hybridized carbons (Fsp3) is 0.231. The molecule has 0 fully saturated rings. The van der Waals surface area contributed by atoms with Crippen molar-refractivity contribution in [2.45, 2.75) is 6.92 Å². The lowest BCUT2D eigenvalue weighted by atomic mass is 10.3. The largest absolute Gasteiger partial charge is 0.497 e. The molecule has 0 aliphatic heterocycles. The van der Waals surface area contributed by atoms with E-state index in [9.17, 15) is 0 Å². The highest BCUT2D eigenvalue weighted by Gasteiger charge is 2.08. The second-order valence-electron chi connectivity index (χ2n) is 3.89. The van der Waals surface area contributed by atoms with E-state index in [2.05, 4.69) is 52.5 Å². The summed E-state index contributed by atoms with van der Waals surface area (Å²) in [5.74, 6) is 2.04. The van der Waals surface area contributed by atoms with E-state index >= 15 is 0 Å². The third kappa shape index (κ3) is 3.61. The van der Waals surface area contributed by atoms with Gasteiger partial charge >= 0.3 is 0 Å². The van der Waals surface area contributed by atoms with Gasteiger partial charge in [-0.2, -0.15) is 4.98 Å². The first-order chi connectivity index (χ1) is 9.63. The molecule has 1 heterocycles. The number of hydrogen-bond donors (Lipinski definition) is 2. The molecule has 0 bridgehead atoms. The zero-order valence-electron chi connectivity index (χ0n) is 11.1. The predicted octanol–water partition coefficient (Wildman–Crippen LogP) is 4.19. The van der Waals surface area contributed by atoms with Crippen LogP contribution in [0.15, 0.2) is 33.3 Å². The smallest absolute Gasteiger partial charge is 0.224 e. The van der Waals surface area contributed by atoms with Gasteiger partial charge in [0.25, 0.3) is 0 Å². The van der Waals surface area contributed by atoms with Crippen LogP contribution >= 0.6 is 31.9 Å². The Labute approximate surface area is 134 Å². The highest BCUT2D eigenvalue weighted by molar-refractivity contribution is 9.11. The molecule has 2 N–H and O–H groups in total. The Morgan fingerprint density at radius 2 is 2.05 bits per heavy atom. The summed E-state index contributed by atoms with van der Waals surface area (Å²) in [6, 6.07) is 5.70. The molecule has 20 heavy (non-hydrogen) atoms. The maximum atomic E-state index is 5.22. The molecule has 0 amide bonds. The van der Waals surface area contributed by atoms with Crippen molar-refractivity contribution in [3.63, 3.8) is 0 Å². The van der Waals surface area contributed by atoms with Gasteiger partial charge in [-0.1, -0.05) is 0 Å². The Kier molecular flexibility index (Phi) is 5.19. The van der Waals surface area contributed by atoms with Gasteiger partial charge in [0.15, 0.2) is 0 Å². The van der Waals surface area contributed by atoms with Crippen LogP contribution in [0.3, 0.4) is 0 Å². The normalized spacial score (nSPS) is 10.2. The minimum absolute atomic E-state index is 0.581. The number of aromatic nitrogens is 2. The number of methoxy groups -OCH3 is 1. The van der Waals surface area contributed by atoms with Gasteiger partial charge in [-0.15, -0.1) is 0 Å². The lowest BCUT2D eigenvalue weighted by Gasteiger charge is -2.12. The lowest BCUT2D eigenvalue weighted by molar-refractivity contribution is 0.415. The van der Waals surface area contributed by atoms with Crippen LogP contribution in [0.2, 0.25) is 0 Å². The van der Waals surface area contributed by atoms with E-state index in [1.165, 1.54) is 0 Å². The van der Waals surface area contributed by atoms with Crippen LogP contribution in [-0.4, -0.2) is 23.6 Å². The monoisotopic (exact) mass is 400 g/mol. The highest BCUT2D eigenvalue weighted by Crippen LogP contribution is 2.31. The van der Waals surface area contributed by atoms with E-state index in [1.54, 1.807) is 13.3 Å². The summed E-state index contributed by atoms with van der Waals surface area (Å²) in [4.78, 5) is 8.59. The van der Waals surface area contributed by atoms with Crippen LogP contribution < -0.4 is 15.4 Å². The number of rotatable bonds is 5. The number of nitrogens with zero attached hydrogens (tertiary/aromatic N) is 2. The standard InChI is InChI=1S/C13H14Br2N4O/c1-3-16-13-17-7-10(15)12(19-13)18-11-6-8(20-2)4-5-9(11)14/h4-7H,3H2,1-2H3,(H2,16,17,18,19). The van der Waals surface area contributed by atoms with Crippen molar-refractivity contribution in [2.24, 2.45) is 0 Å². The SMILES string of the molecule is CCNc1ncc(Br)c(Nc2cc(OC)ccc2Br)n1. The Hall–Kier alpha value is -1.34. The quantitative estimate of drug-likeness (QED) is 0.786. The maximum absolute atomic E-state index is 5.22. The van der Waals surface area contributed by atoms with Crippen LogP contribution in [0, 0.1) is 0 Å². The van der Waals surface area contributed by atoms with Crippen molar-refractivity contribution >= 4 is 49.3 Å². The maximum Gasteiger partial charge on any atom is 0.224 e. The minimum atomic E-state index is 0.581. The lowest BCUT2D eigenvalue weighted by Crippen LogP contribution is -2.04. The van der Waals surface area contributed by atoms with E-state index in [0.717, 1.165) is 26.9 Å². The Morgan fingerprint density at radius 1 is 1.25 bits per heavy atom. The third-order valence-electron chi connectivity index (χ3n) is 2.51. The number of halogens is 2. The highest BCUT2D eigenvalue weighted by atomic mass is 79.9. The van der Waals surface area contributed by atoms with E-state index < -0.39 is 0 Å². The summed E-state index contributed by atoms with van der Waals surface area (Å²) < 4.78 is 6.93. The average molecular weight is 402 g/mol. The molecule has 0 atom stereocenters. The summed E-state index contributed by atoms with van der Waals surface area (Å²) >= 11 is 6.94. The molecule has 1 aromatic carbocycles. The molecule has 0 aliphatic carbocycles. The van der Waals surface area contributed by atoms with E-state index in [4.69, 9.17) is 4.74 Å². The average Bonchev–Trinajstić information content (AvgIpc) is 2.45. The van der Waals surface area contributed by atoms with Crippen LogP contribution in [0.4, 0.5) is 17.5 Å². The molecule has 0 saturated heterocycles. The minimum Gasteiger partial charge on any atom is -0.497 e. The molecule has 1 aromatic heterocycles. The van der Waals surface area contributed by atoms with Gasteiger partial charge < -0.3 is 15.4 Å². The zero-order valence-corrected chi connectivity index (χ0v) is 14.2. The van der Waals surface area contributed by atoms with Crippen LogP contribution in [0.25, 0.3) is 0 Å². The van der Waals surface area contributed by atoms with Crippen molar-refractivity contribution in [3.8, 4) is 5.75 Å². The Morgan fingerprint density at radius 3 is 2.75 bits per heavy atom. The molecule has 0 unspecified atom stereocenters. The van der Waals surface area contributed by atoms with Crippen molar-refractivity contribution < 1.29 is 4.74 Å². The molecule has 7 heteroatoms.